The summed E-state index contributed by atoms with van der Waals surface area (Å²) in [7, 11) is -4.04. The number of nitrogens with one attached hydrogen (secondary N) is 1. The first kappa shape index (κ1) is 24.4. The molecule has 0 saturated carbocycles. The van der Waals surface area contributed by atoms with Gasteiger partial charge in [0.15, 0.2) is 11.6 Å². The monoisotopic (exact) mass is 492 g/mol. The van der Waals surface area contributed by atoms with Crippen LogP contribution < -0.4 is 4.72 Å². The minimum atomic E-state index is -4.04. The number of hydrogen-bond acceptors (Lipinski definition) is 6. The van der Waals surface area contributed by atoms with Crippen molar-refractivity contribution in [2.24, 2.45) is 0 Å². The van der Waals surface area contributed by atoms with E-state index in [4.69, 9.17) is 9.72 Å². The van der Waals surface area contributed by atoms with Gasteiger partial charge in [-0.1, -0.05) is 29.3 Å². The van der Waals surface area contributed by atoms with Crippen LogP contribution in [0.1, 0.15) is 45.1 Å². The lowest BCUT2D eigenvalue weighted by atomic mass is 10.0. The standard InChI is InChI=1S/C26H28N4O4S/c1-7-34-26(31)21-14-27-30(23-13-17(4)20-12-16(3)11-19(6)24(20)28-23)25(21)29-35(32,33)22-9-8-15(2)10-18(22)5/h8-14,29H,7H2,1-6H3. The summed E-state index contributed by atoms with van der Waals surface area (Å²) in [6.45, 7) is 11.4. The Labute approximate surface area is 205 Å². The molecule has 0 saturated heterocycles. The Balaban J connectivity index is 1.91. The largest absolute Gasteiger partial charge is 0.462 e. The maximum atomic E-state index is 13.4. The van der Waals surface area contributed by atoms with E-state index in [1.165, 1.54) is 10.9 Å². The molecule has 4 rings (SSSR count). The first-order valence-electron chi connectivity index (χ1n) is 11.3. The number of ether oxygens (including phenoxy) is 1. The summed E-state index contributed by atoms with van der Waals surface area (Å²) < 4.78 is 35.8. The van der Waals surface area contributed by atoms with Gasteiger partial charge in [-0.15, -0.1) is 0 Å². The van der Waals surface area contributed by atoms with Crippen LogP contribution >= 0.6 is 0 Å². The lowest BCUT2D eigenvalue weighted by molar-refractivity contribution is 0.0527. The van der Waals surface area contributed by atoms with Gasteiger partial charge in [0.1, 0.15) is 5.56 Å². The highest BCUT2D eigenvalue weighted by atomic mass is 32.2. The normalized spacial score (nSPS) is 11.6. The zero-order valence-electron chi connectivity index (χ0n) is 20.6. The maximum absolute atomic E-state index is 13.4. The zero-order chi connectivity index (χ0) is 25.5. The molecular weight excluding hydrogens is 464 g/mol. The van der Waals surface area contributed by atoms with Crippen LogP contribution in [0.5, 0.6) is 0 Å². The zero-order valence-corrected chi connectivity index (χ0v) is 21.4. The van der Waals surface area contributed by atoms with Crippen LogP contribution in [0, 0.1) is 34.6 Å². The predicted octanol–water partition coefficient (Wildman–Crippen LogP) is 4.94. The van der Waals surface area contributed by atoms with Crippen molar-refractivity contribution in [3.63, 3.8) is 0 Å². The molecule has 0 atom stereocenters. The molecule has 182 valence electrons. The number of sulfonamides is 1. The fraction of sp³-hybridized carbons (Fsp3) is 0.269. The van der Waals surface area contributed by atoms with Crippen LogP contribution in [0.25, 0.3) is 16.7 Å². The first-order valence-corrected chi connectivity index (χ1v) is 12.7. The second kappa shape index (κ2) is 9.14. The van der Waals surface area contributed by atoms with Gasteiger partial charge in [0.2, 0.25) is 0 Å². The lowest BCUT2D eigenvalue weighted by Gasteiger charge is -2.15. The van der Waals surface area contributed by atoms with Gasteiger partial charge < -0.3 is 4.74 Å². The molecule has 9 heteroatoms. The molecule has 35 heavy (non-hydrogen) atoms. The number of nitrogens with zero attached hydrogens (tertiary/aromatic N) is 3. The van der Waals surface area contributed by atoms with Crippen LogP contribution in [0.3, 0.4) is 0 Å². The Morgan fingerprint density at radius 1 is 0.971 bits per heavy atom. The fourth-order valence-corrected chi connectivity index (χ4v) is 5.49. The molecule has 0 spiro atoms. The van der Waals surface area contributed by atoms with E-state index < -0.39 is 16.0 Å². The van der Waals surface area contributed by atoms with Crippen molar-refractivity contribution >= 4 is 32.7 Å². The lowest BCUT2D eigenvalue weighted by Crippen LogP contribution is -2.20. The van der Waals surface area contributed by atoms with Crippen LogP contribution in [-0.2, 0) is 14.8 Å². The molecule has 2 heterocycles. The highest BCUT2D eigenvalue weighted by molar-refractivity contribution is 7.92. The van der Waals surface area contributed by atoms with Crippen LogP contribution in [-0.4, -0.2) is 35.8 Å². The molecule has 0 unspecified atom stereocenters. The van der Waals surface area contributed by atoms with Gasteiger partial charge >= 0.3 is 5.97 Å². The Morgan fingerprint density at radius 2 is 1.69 bits per heavy atom. The van der Waals surface area contributed by atoms with Crippen molar-refractivity contribution in [2.45, 2.75) is 46.4 Å². The number of esters is 1. The quantitative estimate of drug-likeness (QED) is 0.383. The Bertz CT molecular complexity index is 1570. The highest BCUT2D eigenvalue weighted by Gasteiger charge is 2.26. The molecule has 0 radical (unpaired) electrons. The summed E-state index contributed by atoms with van der Waals surface area (Å²) in [5.41, 5.74) is 5.38. The molecule has 0 fully saturated rings. The molecule has 1 N–H and O–H groups in total. The molecule has 0 aliphatic heterocycles. The van der Waals surface area contributed by atoms with E-state index in [1.54, 1.807) is 32.0 Å². The summed E-state index contributed by atoms with van der Waals surface area (Å²) in [6.07, 6.45) is 1.29. The maximum Gasteiger partial charge on any atom is 0.343 e. The number of anilines is 1. The summed E-state index contributed by atoms with van der Waals surface area (Å²) >= 11 is 0. The van der Waals surface area contributed by atoms with E-state index in [0.29, 0.717) is 11.4 Å². The van der Waals surface area contributed by atoms with Gasteiger partial charge in [0.05, 0.1) is 23.2 Å². The van der Waals surface area contributed by atoms with E-state index in [2.05, 4.69) is 15.9 Å². The number of carbonyl (C=O) groups is 1. The van der Waals surface area contributed by atoms with Crippen molar-refractivity contribution in [1.82, 2.24) is 14.8 Å². The number of hydrogen-bond donors (Lipinski definition) is 1. The molecule has 0 aliphatic rings. The van der Waals surface area contributed by atoms with E-state index >= 15 is 0 Å². The average Bonchev–Trinajstić information content (AvgIpc) is 3.17. The first-order chi connectivity index (χ1) is 16.5. The molecule has 4 aromatic rings. The number of aromatic nitrogens is 3. The molecule has 2 aromatic carbocycles. The molecular formula is C26H28N4O4S. The summed E-state index contributed by atoms with van der Waals surface area (Å²) in [5.74, 6) is -0.323. The third-order valence-corrected chi connectivity index (χ3v) is 7.27. The van der Waals surface area contributed by atoms with E-state index in [9.17, 15) is 13.2 Å². The topological polar surface area (TPSA) is 103 Å². The number of carbonyl (C=O) groups excluding carboxylic acids is 1. The number of fused-ring (bicyclic) bond motifs is 1. The van der Waals surface area contributed by atoms with Gasteiger partial charge in [-0.25, -0.2) is 18.2 Å². The number of pyridine rings is 1. The van der Waals surface area contributed by atoms with Crippen molar-refractivity contribution in [2.75, 3.05) is 11.3 Å². The molecule has 2 aromatic heterocycles. The van der Waals surface area contributed by atoms with E-state index in [-0.39, 0.29) is 22.9 Å². The third kappa shape index (κ3) is 4.64. The smallest absolute Gasteiger partial charge is 0.343 e. The minimum Gasteiger partial charge on any atom is -0.462 e. The Morgan fingerprint density at radius 3 is 2.37 bits per heavy atom. The molecule has 0 bridgehead atoms. The minimum absolute atomic E-state index is 0.000341. The van der Waals surface area contributed by atoms with Crippen LogP contribution in [0.2, 0.25) is 0 Å². The van der Waals surface area contributed by atoms with E-state index in [1.807, 2.05) is 39.8 Å². The summed E-state index contributed by atoms with van der Waals surface area (Å²) in [6, 6.07) is 11.0. The number of benzene rings is 2. The molecule has 0 amide bonds. The highest BCUT2D eigenvalue weighted by Crippen LogP contribution is 2.29. The molecule has 8 nitrogen and oxygen atoms in total. The second-order valence-corrected chi connectivity index (χ2v) is 10.3. The second-order valence-electron chi connectivity index (χ2n) is 8.69. The van der Waals surface area contributed by atoms with Crippen molar-refractivity contribution in [3.05, 3.63) is 76.0 Å². The van der Waals surface area contributed by atoms with E-state index in [0.717, 1.165) is 33.2 Å². The van der Waals surface area contributed by atoms with Crippen molar-refractivity contribution in [1.29, 1.82) is 0 Å². The van der Waals surface area contributed by atoms with Gasteiger partial charge in [-0.3, -0.25) is 4.72 Å². The average molecular weight is 493 g/mol. The number of aryl methyl sites for hydroxylation is 5. The van der Waals surface area contributed by atoms with Gasteiger partial charge in [-0.2, -0.15) is 9.78 Å². The third-order valence-electron chi connectivity index (χ3n) is 5.77. The Kier molecular flexibility index (Phi) is 6.38. The van der Waals surface area contributed by atoms with Crippen molar-refractivity contribution < 1.29 is 17.9 Å². The SMILES string of the molecule is CCOC(=O)c1cnn(-c2cc(C)c3cc(C)cc(C)c3n2)c1NS(=O)(=O)c1ccc(C)cc1C. The van der Waals surface area contributed by atoms with Crippen molar-refractivity contribution in [3.8, 4) is 5.82 Å². The fourth-order valence-electron chi connectivity index (χ4n) is 4.20. The predicted molar refractivity (Wildman–Crippen MR) is 136 cm³/mol. The van der Waals surface area contributed by atoms with Gasteiger partial charge in [-0.05, 0) is 76.4 Å². The molecule has 0 aliphatic carbocycles. The van der Waals surface area contributed by atoms with Crippen LogP contribution in [0.15, 0.2) is 47.5 Å². The summed E-state index contributed by atoms with van der Waals surface area (Å²) in [5, 5.41) is 5.33. The van der Waals surface area contributed by atoms with Crippen LogP contribution in [0.4, 0.5) is 5.82 Å². The Hall–Kier alpha value is -3.72. The number of rotatable bonds is 6. The van der Waals surface area contributed by atoms with Gasteiger partial charge in [0.25, 0.3) is 10.0 Å². The van der Waals surface area contributed by atoms with Gasteiger partial charge in [0, 0.05) is 5.39 Å². The summed E-state index contributed by atoms with van der Waals surface area (Å²) in [4.78, 5) is 17.6.